The molecular formula is C21H25N5O2. The number of hydrogen-bond donors (Lipinski definition) is 1. The zero-order chi connectivity index (χ0) is 19.1. The molecule has 0 saturated carbocycles. The van der Waals surface area contributed by atoms with Crippen LogP contribution in [0, 0.1) is 0 Å². The first-order chi connectivity index (χ1) is 13.7. The fraction of sp³-hybridized carbons (Fsp3) is 0.429. The maximum Gasteiger partial charge on any atom is 0.232 e. The van der Waals surface area contributed by atoms with Gasteiger partial charge in [-0.15, -0.1) is 10.2 Å². The van der Waals surface area contributed by atoms with E-state index in [0.29, 0.717) is 13.2 Å². The van der Waals surface area contributed by atoms with Gasteiger partial charge in [0.2, 0.25) is 5.95 Å². The molecule has 3 aromatic rings. The van der Waals surface area contributed by atoms with Crippen molar-refractivity contribution in [3.05, 3.63) is 53.7 Å². The lowest BCUT2D eigenvalue weighted by Crippen LogP contribution is -2.44. The van der Waals surface area contributed by atoms with Crippen LogP contribution >= 0.6 is 0 Å². The van der Waals surface area contributed by atoms with Crippen LogP contribution in [0.3, 0.4) is 0 Å². The zero-order valence-electron chi connectivity index (χ0n) is 16.0. The number of benzene rings is 1. The number of aromatic nitrogens is 3. The molecular weight excluding hydrogens is 354 g/mol. The molecule has 1 aliphatic carbocycles. The first-order valence-electron chi connectivity index (χ1n) is 9.91. The average molecular weight is 379 g/mol. The van der Waals surface area contributed by atoms with E-state index in [0.717, 1.165) is 36.7 Å². The Morgan fingerprint density at radius 3 is 2.82 bits per heavy atom. The summed E-state index contributed by atoms with van der Waals surface area (Å²) in [4.78, 5) is 2.24. The molecule has 146 valence electrons. The summed E-state index contributed by atoms with van der Waals surface area (Å²) in [5, 5.41) is 8.73. The van der Waals surface area contributed by atoms with Crippen LogP contribution in [-0.2, 0) is 4.74 Å². The monoisotopic (exact) mass is 379 g/mol. The highest BCUT2D eigenvalue weighted by Crippen LogP contribution is 2.37. The van der Waals surface area contributed by atoms with E-state index in [9.17, 15) is 0 Å². The maximum absolute atomic E-state index is 6.40. The minimum atomic E-state index is 0.00990. The van der Waals surface area contributed by atoms with Gasteiger partial charge in [0.25, 0.3) is 0 Å². The second-order valence-corrected chi connectivity index (χ2v) is 7.63. The summed E-state index contributed by atoms with van der Waals surface area (Å²) in [6.07, 6.45) is 3.83. The van der Waals surface area contributed by atoms with Crippen molar-refractivity contribution >= 4 is 11.6 Å². The molecule has 2 aromatic heterocycles. The smallest absolute Gasteiger partial charge is 0.232 e. The van der Waals surface area contributed by atoms with Crippen LogP contribution < -0.4 is 15.4 Å². The van der Waals surface area contributed by atoms with E-state index in [1.807, 2.05) is 34.9 Å². The zero-order valence-corrected chi connectivity index (χ0v) is 16.0. The van der Waals surface area contributed by atoms with E-state index in [1.165, 1.54) is 11.1 Å². The Hall–Kier alpha value is -2.64. The van der Waals surface area contributed by atoms with E-state index >= 15 is 0 Å². The van der Waals surface area contributed by atoms with E-state index in [-0.39, 0.29) is 18.2 Å². The fourth-order valence-electron chi connectivity index (χ4n) is 4.22. The van der Waals surface area contributed by atoms with Gasteiger partial charge in [0.1, 0.15) is 11.9 Å². The first kappa shape index (κ1) is 17.5. The summed E-state index contributed by atoms with van der Waals surface area (Å²) in [7, 11) is 0. The molecule has 1 saturated heterocycles. The van der Waals surface area contributed by atoms with Gasteiger partial charge in [-0.25, -0.2) is 0 Å². The maximum atomic E-state index is 6.40. The van der Waals surface area contributed by atoms with Gasteiger partial charge in [-0.1, -0.05) is 24.3 Å². The van der Waals surface area contributed by atoms with E-state index < -0.39 is 0 Å². The Kier molecular flexibility index (Phi) is 4.41. The van der Waals surface area contributed by atoms with Crippen molar-refractivity contribution in [3.8, 4) is 5.75 Å². The van der Waals surface area contributed by atoms with Gasteiger partial charge in [0.15, 0.2) is 5.65 Å². The molecule has 1 unspecified atom stereocenters. The lowest BCUT2D eigenvalue weighted by molar-refractivity contribution is 0.0980. The highest BCUT2D eigenvalue weighted by Gasteiger charge is 2.27. The lowest BCUT2D eigenvalue weighted by atomic mass is 9.86. The molecule has 0 radical (unpaired) electrons. The molecule has 2 N–H and O–H groups in total. The van der Waals surface area contributed by atoms with E-state index in [1.54, 1.807) is 0 Å². The minimum absolute atomic E-state index is 0.00990. The van der Waals surface area contributed by atoms with Gasteiger partial charge in [-0.05, 0) is 43.0 Å². The van der Waals surface area contributed by atoms with E-state index in [2.05, 4.69) is 34.2 Å². The predicted octanol–water partition coefficient (Wildman–Crippen LogP) is 2.87. The highest BCUT2D eigenvalue weighted by molar-refractivity contribution is 5.49. The number of hydrogen-bond acceptors (Lipinski definition) is 6. The number of rotatable bonds is 3. The molecule has 0 amide bonds. The second kappa shape index (κ2) is 7.07. The van der Waals surface area contributed by atoms with Gasteiger partial charge in [-0.2, -0.15) is 0 Å². The van der Waals surface area contributed by atoms with Crippen molar-refractivity contribution in [1.29, 1.82) is 0 Å². The topological polar surface area (TPSA) is 77.9 Å². The van der Waals surface area contributed by atoms with Gasteiger partial charge in [0.05, 0.1) is 25.5 Å². The van der Waals surface area contributed by atoms with E-state index in [4.69, 9.17) is 15.2 Å². The fourth-order valence-corrected chi connectivity index (χ4v) is 4.22. The van der Waals surface area contributed by atoms with Gasteiger partial charge < -0.3 is 20.1 Å². The van der Waals surface area contributed by atoms with Crippen molar-refractivity contribution in [3.63, 3.8) is 0 Å². The molecule has 3 atom stereocenters. The third-order valence-electron chi connectivity index (χ3n) is 5.74. The molecule has 7 nitrogen and oxygen atoms in total. The molecule has 5 rings (SSSR count). The predicted molar refractivity (Wildman–Crippen MR) is 107 cm³/mol. The summed E-state index contributed by atoms with van der Waals surface area (Å²) in [6.45, 7) is 4.35. The molecule has 2 aliphatic rings. The summed E-state index contributed by atoms with van der Waals surface area (Å²) >= 11 is 0. The summed E-state index contributed by atoms with van der Waals surface area (Å²) in [5.41, 5.74) is 9.47. The van der Waals surface area contributed by atoms with Crippen LogP contribution in [0.15, 0.2) is 42.6 Å². The molecule has 3 heterocycles. The SMILES string of the molecule is C[C@H]1COCCN1c1nnc2ccc(OC3CC[C@H](N)c4ccccc43)cn12. The Morgan fingerprint density at radius 1 is 1.11 bits per heavy atom. The Morgan fingerprint density at radius 2 is 1.96 bits per heavy atom. The van der Waals surface area contributed by atoms with Crippen molar-refractivity contribution < 1.29 is 9.47 Å². The number of nitrogens with two attached hydrogens (primary N) is 1. The normalized spacial score (nSPS) is 24.9. The number of pyridine rings is 1. The number of fused-ring (bicyclic) bond motifs is 2. The third kappa shape index (κ3) is 3.00. The Balaban J connectivity index is 1.46. The van der Waals surface area contributed by atoms with Gasteiger partial charge in [0, 0.05) is 12.6 Å². The minimum Gasteiger partial charge on any atom is -0.484 e. The van der Waals surface area contributed by atoms with Crippen molar-refractivity contribution in [2.24, 2.45) is 5.73 Å². The Bertz CT molecular complexity index is 988. The van der Waals surface area contributed by atoms with Crippen LogP contribution in [0.4, 0.5) is 5.95 Å². The largest absolute Gasteiger partial charge is 0.484 e. The highest BCUT2D eigenvalue weighted by atomic mass is 16.5. The molecule has 1 fully saturated rings. The van der Waals surface area contributed by atoms with Crippen LogP contribution in [0.2, 0.25) is 0 Å². The van der Waals surface area contributed by atoms with Gasteiger partial charge in [-0.3, -0.25) is 4.40 Å². The van der Waals surface area contributed by atoms with Gasteiger partial charge >= 0.3 is 0 Å². The van der Waals surface area contributed by atoms with Crippen LogP contribution in [0.25, 0.3) is 5.65 Å². The number of morpholine rings is 1. The molecule has 1 aromatic carbocycles. The molecule has 28 heavy (non-hydrogen) atoms. The van der Waals surface area contributed by atoms with Crippen molar-refractivity contribution in [1.82, 2.24) is 14.6 Å². The molecule has 7 heteroatoms. The van der Waals surface area contributed by atoms with Crippen LogP contribution in [0.1, 0.15) is 43.0 Å². The molecule has 0 bridgehead atoms. The number of ether oxygens (including phenoxy) is 2. The van der Waals surface area contributed by atoms with Crippen molar-refractivity contribution in [2.75, 3.05) is 24.7 Å². The summed E-state index contributed by atoms with van der Waals surface area (Å²) in [6, 6.07) is 12.6. The third-order valence-corrected chi connectivity index (χ3v) is 5.74. The molecule has 0 spiro atoms. The summed E-state index contributed by atoms with van der Waals surface area (Å²) < 4.78 is 14.0. The second-order valence-electron chi connectivity index (χ2n) is 7.63. The van der Waals surface area contributed by atoms with Crippen LogP contribution in [-0.4, -0.2) is 40.4 Å². The number of anilines is 1. The van der Waals surface area contributed by atoms with Crippen LogP contribution in [0.5, 0.6) is 5.75 Å². The van der Waals surface area contributed by atoms with Crippen molar-refractivity contribution in [2.45, 2.75) is 38.0 Å². The average Bonchev–Trinajstić information content (AvgIpc) is 3.14. The lowest BCUT2D eigenvalue weighted by Gasteiger charge is -2.33. The quantitative estimate of drug-likeness (QED) is 0.754. The summed E-state index contributed by atoms with van der Waals surface area (Å²) in [5.74, 6) is 1.65. The first-order valence-corrected chi connectivity index (χ1v) is 9.91. The standard InChI is InChI=1S/C21H25N5O2/c1-14-13-27-11-10-25(14)21-24-23-20-9-6-15(12-26(20)21)28-19-8-7-18(22)16-4-2-3-5-17(16)19/h2-6,9,12,14,18-19H,7-8,10-11,13,22H2,1H3/t14-,18-,19?/m0/s1. The Labute approximate surface area is 164 Å². The number of nitrogens with zero attached hydrogens (tertiary/aromatic N) is 4. The molecule has 1 aliphatic heterocycles.